The van der Waals surface area contributed by atoms with E-state index in [0.29, 0.717) is 19.0 Å². The van der Waals surface area contributed by atoms with E-state index in [1.54, 1.807) is 25.3 Å². The largest absolute Gasteiger partial charge is 0.491 e. The van der Waals surface area contributed by atoms with E-state index in [9.17, 15) is 18.4 Å². The molecule has 0 radical (unpaired) electrons. The number of likely N-dealkylation sites (N-methyl/N-ethyl adjacent to an activating group) is 1. The van der Waals surface area contributed by atoms with E-state index >= 15 is 0 Å². The Labute approximate surface area is 155 Å². The molecule has 0 saturated heterocycles. The van der Waals surface area contributed by atoms with Crippen molar-refractivity contribution < 1.29 is 27.8 Å². The summed E-state index contributed by atoms with van der Waals surface area (Å²) in [6.07, 6.45) is 0. The smallest absolute Gasteiger partial charge is 0.252 e. The van der Waals surface area contributed by atoms with Crippen molar-refractivity contribution in [3.63, 3.8) is 0 Å². The highest BCUT2D eigenvalue weighted by Crippen LogP contribution is 2.19. The minimum atomic E-state index is -1.18. The van der Waals surface area contributed by atoms with Gasteiger partial charge in [-0.3, -0.25) is 9.59 Å². The van der Waals surface area contributed by atoms with E-state index in [4.69, 9.17) is 9.47 Å². The Balaban J connectivity index is 2.19. The van der Waals surface area contributed by atoms with Crippen LogP contribution < -0.4 is 15.4 Å². The summed E-state index contributed by atoms with van der Waals surface area (Å²) in [6, 6.07) is 8.19. The summed E-state index contributed by atoms with van der Waals surface area (Å²) in [4.78, 5) is 24.7. The molecule has 8 heteroatoms. The molecule has 0 heterocycles. The van der Waals surface area contributed by atoms with Crippen molar-refractivity contribution in [3.8, 4) is 5.75 Å². The lowest BCUT2D eigenvalue weighted by Crippen LogP contribution is -2.39. The number of carbonyl (C=O) groups excluding carboxylic acids is 2. The molecule has 0 aliphatic rings. The molecule has 2 amide bonds. The number of rotatable bonds is 8. The first-order chi connectivity index (χ1) is 13.0. The average molecular weight is 378 g/mol. The van der Waals surface area contributed by atoms with E-state index in [1.165, 1.54) is 19.2 Å². The number of nitrogens with one attached hydrogen (secondary N) is 2. The molecule has 0 aromatic heterocycles. The topological polar surface area (TPSA) is 76.7 Å². The minimum absolute atomic E-state index is 0.120. The summed E-state index contributed by atoms with van der Waals surface area (Å²) in [6.45, 7) is 0.711. The van der Waals surface area contributed by atoms with Gasteiger partial charge in [0.2, 0.25) is 5.91 Å². The molecule has 0 fully saturated rings. The van der Waals surface area contributed by atoms with Crippen LogP contribution in [0.15, 0.2) is 42.5 Å². The minimum Gasteiger partial charge on any atom is -0.491 e. The molecule has 0 saturated carbocycles. The molecular formula is C19H20F2N2O4. The Morgan fingerprint density at radius 3 is 2.52 bits per heavy atom. The third-order valence-corrected chi connectivity index (χ3v) is 3.71. The first kappa shape index (κ1) is 20.3. The standard InChI is InChI=1S/C19H20F2N2O4/c1-22-19(25)17(12-6-7-15(20)16(21)11-12)23-18(24)13-4-3-5-14(10-13)27-9-8-26-2/h3-7,10-11,17H,8-9H2,1-2H3,(H,22,25)(H,23,24). The van der Waals surface area contributed by atoms with Crippen LogP contribution in [-0.4, -0.2) is 39.2 Å². The lowest BCUT2D eigenvalue weighted by molar-refractivity contribution is -0.122. The first-order valence-corrected chi connectivity index (χ1v) is 8.15. The Bertz CT molecular complexity index is 814. The van der Waals surface area contributed by atoms with Gasteiger partial charge in [0.05, 0.1) is 6.61 Å². The SMILES string of the molecule is CNC(=O)C(NC(=O)c1cccc(OCCOC)c1)c1ccc(F)c(F)c1. The fourth-order valence-corrected chi connectivity index (χ4v) is 2.32. The summed E-state index contributed by atoms with van der Waals surface area (Å²) in [5.74, 6) is -2.82. The number of amides is 2. The number of hydrogen-bond donors (Lipinski definition) is 2. The molecule has 27 heavy (non-hydrogen) atoms. The first-order valence-electron chi connectivity index (χ1n) is 8.15. The van der Waals surface area contributed by atoms with Gasteiger partial charge in [-0.1, -0.05) is 12.1 Å². The fraction of sp³-hybridized carbons (Fsp3) is 0.263. The van der Waals surface area contributed by atoms with Crippen molar-refractivity contribution in [1.29, 1.82) is 0 Å². The van der Waals surface area contributed by atoms with E-state index in [0.717, 1.165) is 12.1 Å². The number of ether oxygens (including phenoxy) is 2. The lowest BCUT2D eigenvalue weighted by Gasteiger charge is -2.18. The number of halogens is 2. The molecular weight excluding hydrogens is 358 g/mol. The van der Waals surface area contributed by atoms with Crippen molar-refractivity contribution in [2.75, 3.05) is 27.4 Å². The van der Waals surface area contributed by atoms with Crippen LogP contribution in [0, 0.1) is 11.6 Å². The second kappa shape index (κ2) is 9.63. The summed E-state index contributed by atoms with van der Waals surface area (Å²) in [7, 11) is 2.93. The maximum Gasteiger partial charge on any atom is 0.252 e. The van der Waals surface area contributed by atoms with Crippen molar-refractivity contribution in [3.05, 3.63) is 65.2 Å². The molecule has 0 aliphatic heterocycles. The molecule has 1 unspecified atom stereocenters. The number of carbonyl (C=O) groups is 2. The highest BCUT2D eigenvalue weighted by atomic mass is 19.2. The molecule has 0 spiro atoms. The Morgan fingerprint density at radius 2 is 1.85 bits per heavy atom. The Morgan fingerprint density at radius 1 is 1.07 bits per heavy atom. The van der Waals surface area contributed by atoms with Crippen LogP contribution in [0.3, 0.4) is 0 Å². The normalized spacial score (nSPS) is 11.6. The van der Waals surface area contributed by atoms with Crippen LogP contribution in [0.4, 0.5) is 8.78 Å². The number of benzene rings is 2. The Kier molecular flexibility index (Phi) is 7.25. The predicted octanol–water partition coefficient (Wildman–Crippen LogP) is 2.21. The molecule has 0 aliphatic carbocycles. The summed E-state index contributed by atoms with van der Waals surface area (Å²) < 4.78 is 37.0. The van der Waals surface area contributed by atoms with Gasteiger partial charge >= 0.3 is 0 Å². The van der Waals surface area contributed by atoms with Gasteiger partial charge in [0.15, 0.2) is 11.6 Å². The van der Waals surface area contributed by atoms with E-state index < -0.39 is 29.5 Å². The monoisotopic (exact) mass is 378 g/mol. The van der Waals surface area contributed by atoms with Crippen molar-refractivity contribution in [2.24, 2.45) is 0 Å². The van der Waals surface area contributed by atoms with Gasteiger partial charge in [-0.2, -0.15) is 0 Å². The number of methoxy groups -OCH3 is 1. The Hall–Kier alpha value is -3.00. The maximum atomic E-state index is 13.5. The molecule has 144 valence electrons. The van der Waals surface area contributed by atoms with Gasteiger partial charge in [-0.05, 0) is 35.9 Å². The highest BCUT2D eigenvalue weighted by Gasteiger charge is 2.23. The maximum absolute atomic E-state index is 13.5. The predicted molar refractivity (Wildman–Crippen MR) is 94.4 cm³/mol. The fourth-order valence-electron chi connectivity index (χ4n) is 2.32. The van der Waals surface area contributed by atoms with Gasteiger partial charge in [-0.25, -0.2) is 8.78 Å². The summed E-state index contributed by atoms with van der Waals surface area (Å²) >= 11 is 0. The van der Waals surface area contributed by atoms with Gasteiger partial charge in [0, 0.05) is 19.7 Å². The molecule has 2 aromatic rings. The zero-order valence-corrected chi connectivity index (χ0v) is 14.9. The second-order valence-corrected chi connectivity index (χ2v) is 5.56. The van der Waals surface area contributed by atoms with E-state index in [2.05, 4.69) is 10.6 Å². The second-order valence-electron chi connectivity index (χ2n) is 5.56. The van der Waals surface area contributed by atoms with Crippen LogP contribution in [0.1, 0.15) is 22.0 Å². The van der Waals surface area contributed by atoms with E-state index in [1.807, 2.05) is 0 Å². The number of hydrogen-bond acceptors (Lipinski definition) is 4. The average Bonchev–Trinajstić information content (AvgIpc) is 2.68. The van der Waals surface area contributed by atoms with Crippen LogP contribution in [0.25, 0.3) is 0 Å². The quantitative estimate of drug-likeness (QED) is 0.691. The summed E-state index contributed by atoms with van der Waals surface area (Å²) in [5, 5.41) is 4.91. The van der Waals surface area contributed by atoms with Crippen LogP contribution >= 0.6 is 0 Å². The molecule has 6 nitrogen and oxygen atoms in total. The molecule has 2 N–H and O–H groups in total. The molecule has 2 aromatic carbocycles. The summed E-state index contributed by atoms with van der Waals surface area (Å²) in [5.41, 5.74) is 0.371. The molecule has 2 rings (SSSR count). The van der Waals surface area contributed by atoms with Crippen molar-refractivity contribution in [1.82, 2.24) is 10.6 Å². The van der Waals surface area contributed by atoms with Gasteiger partial charge in [0.25, 0.3) is 5.91 Å². The molecule has 0 bridgehead atoms. The van der Waals surface area contributed by atoms with Crippen LogP contribution in [0.2, 0.25) is 0 Å². The van der Waals surface area contributed by atoms with Crippen molar-refractivity contribution >= 4 is 11.8 Å². The third kappa shape index (κ3) is 5.49. The third-order valence-electron chi connectivity index (χ3n) is 3.71. The van der Waals surface area contributed by atoms with E-state index in [-0.39, 0.29) is 11.1 Å². The molecule has 1 atom stereocenters. The highest BCUT2D eigenvalue weighted by molar-refractivity contribution is 5.98. The van der Waals surface area contributed by atoms with Crippen LogP contribution in [-0.2, 0) is 9.53 Å². The zero-order valence-electron chi connectivity index (χ0n) is 14.9. The van der Waals surface area contributed by atoms with Crippen molar-refractivity contribution in [2.45, 2.75) is 6.04 Å². The zero-order chi connectivity index (χ0) is 19.8. The van der Waals surface area contributed by atoms with Gasteiger partial charge in [0.1, 0.15) is 18.4 Å². The van der Waals surface area contributed by atoms with Gasteiger partial charge < -0.3 is 20.1 Å². The lowest BCUT2D eigenvalue weighted by atomic mass is 10.0. The van der Waals surface area contributed by atoms with Crippen LogP contribution in [0.5, 0.6) is 5.75 Å². The van der Waals surface area contributed by atoms with Gasteiger partial charge in [-0.15, -0.1) is 0 Å².